The smallest absolute Gasteiger partial charge is 0.255 e. The Morgan fingerprint density at radius 2 is 1.21 bits per heavy atom. The van der Waals surface area contributed by atoms with Crippen molar-refractivity contribution in [2.75, 3.05) is 72.2 Å². The Labute approximate surface area is 356 Å². The number of rotatable bonds is 9. The predicted molar refractivity (Wildman–Crippen MR) is 233 cm³/mol. The van der Waals surface area contributed by atoms with E-state index in [9.17, 15) is 9.59 Å². The molecule has 6 heterocycles. The summed E-state index contributed by atoms with van der Waals surface area (Å²) in [7, 11) is 9.11. The maximum atomic E-state index is 13.9. The first-order chi connectivity index (χ1) is 29.5. The van der Waals surface area contributed by atoms with Crippen LogP contribution in [-0.2, 0) is 17.6 Å². The topological polar surface area (TPSA) is 159 Å². The number of aryl methyl sites for hydroxylation is 2. The van der Waals surface area contributed by atoms with E-state index in [-0.39, 0.29) is 22.9 Å². The summed E-state index contributed by atoms with van der Waals surface area (Å²) in [6, 6.07) is 16.2. The Hall–Kier alpha value is -6.32. The quantitative estimate of drug-likeness (QED) is 0.152. The van der Waals surface area contributed by atoms with Gasteiger partial charge in [0.2, 0.25) is 0 Å². The van der Waals surface area contributed by atoms with Crippen molar-refractivity contribution in [2.24, 2.45) is 0 Å². The molecule has 0 aliphatic carbocycles. The van der Waals surface area contributed by atoms with Crippen molar-refractivity contribution in [3.8, 4) is 17.2 Å². The van der Waals surface area contributed by atoms with Crippen LogP contribution in [0.25, 0.3) is 0 Å². The van der Waals surface area contributed by atoms with Crippen LogP contribution >= 0.6 is 0 Å². The molecule has 15 heteroatoms. The fourth-order valence-electron chi connectivity index (χ4n) is 9.32. The van der Waals surface area contributed by atoms with E-state index in [1.54, 1.807) is 33.7 Å². The number of amides is 2. The molecule has 2 aromatic heterocycles. The number of nitrogens with one attached hydrogen (secondary N) is 3. The van der Waals surface area contributed by atoms with Crippen molar-refractivity contribution < 1.29 is 23.8 Å². The Balaban J connectivity index is 0.000000176. The number of aromatic nitrogens is 4. The molecule has 4 aliphatic heterocycles. The summed E-state index contributed by atoms with van der Waals surface area (Å²) in [6.07, 6.45) is 9.84. The molecule has 15 nitrogen and oxygen atoms in total. The zero-order valence-electron chi connectivity index (χ0n) is 36.0. The van der Waals surface area contributed by atoms with Gasteiger partial charge in [0.25, 0.3) is 11.8 Å². The molecule has 2 amide bonds. The molecule has 0 unspecified atom stereocenters. The zero-order valence-corrected chi connectivity index (χ0v) is 36.0. The number of anilines is 4. The van der Waals surface area contributed by atoms with Gasteiger partial charge in [0.05, 0.1) is 44.8 Å². The summed E-state index contributed by atoms with van der Waals surface area (Å²) in [4.78, 5) is 49.9. The molecule has 5 aromatic rings. The van der Waals surface area contributed by atoms with Gasteiger partial charge in [-0.15, -0.1) is 0 Å². The molecular weight excluding hydrogens is 773 g/mol. The Bertz CT molecular complexity index is 2430. The number of methoxy groups -OCH3 is 3. The van der Waals surface area contributed by atoms with Crippen LogP contribution in [0.15, 0.2) is 73.6 Å². The van der Waals surface area contributed by atoms with Gasteiger partial charge in [-0.3, -0.25) is 9.59 Å². The standard InChI is InChI=1S/C27H31N5O3.C19H23N5O2/c1-18-13-20(30-25-23(35-4)15-28-17-29-25)14-22-24(18)26(33)32(27(22)9-11-31(2)12-10-27)16-19-5-7-21(34-3)8-6-19;1-12-8-13(22-17-15(26-3)10-20-11-21-17)9-14-16(12)18(25)23-19(14)4-6-24(2)7-5-19/h5-8,13-15,17H,9-12,16H2,1-4H3,(H,28,29,30);8-11H,4-7H2,1-3H3,(H,23,25)(H,20,21,22). The van der Waals surface area contributed by atoms with Crippen molar-refractivity contribution in [1.29, 1.82) is 0 Å². The van der Waals surface area contributed by atoms with Gasteiger partial charge in [0, 0.05) is 55.2 Å². The first kappa shape index (κ1) is 41.4. The summed E-state index contributed by atoms with van der Waals surface area (Å²) in [6.45, 7) is 8.35. The van der Waals surface area contributed by atoms with Gasteiger partial charge in [-0.25, -0.2) is 19.9 Å². The lowest BCUT2D eigenvalue weighted by Gasteiger charge is -2.45. The summed E-state index contributed by atoms with van der Waals surface area (Å²) in [5.41, 5.74) is 8.00. The van der Waals surface area contributed by atoms with Crippen LogP contribution in [0.4, 0.5) is 23.0 Å². The van der Waals surface area contributed by atoms with Gasteiger partial charge in [0.1, 0.15) is 18.4 Å². The summed E-state index contributed by atoms with van der Waals surface area (Å²) in [5.74, 6) is 3.30. The highest BCUT2D eigenvalue weighted by Crippen LogP contribution is 2.49. The maximum absolute atomic E-state index is 13.9. The van der Waals surface area contributed by atoms with Crippen LogP contribution in [0, 0.1) is 13.8 Å². The van der Waals surface area contributed by atoms with E-state index < -0.39 is 0 Å². The van der Waals surface area contributed by atoms with E-state index in [4.69, 9.17) is 14.2 Å². The molecule has 3 aromatic carbocycles. The van der Waals surface area contributed by atoms with Crippen LogP contribution in [0.3, 0.4) is 0 Å². The summed E-state index contributed by atoms with van der Waals surface area (Å²) in [5, 5.41) is 9.97. The number of benzene rings is 3. The first-order valence-corrected chi connectivity index (χ1v) is 20.6. The van der Waals surface area contributed by atoms with Gasteiger partial charge < -0.3 is 44.9 Å². The summed E-state index contributed by atoms with van der Waals surface area (Å²) < 4.78 is 16.1. The predicted octanol–water partition coefficient (Wildman–Crippen LogP) is 6.32. The number of fused-ring (bicyclic) bond motifs is 4. The Morgan fingerprint density at radius 1 is 0.689 bits per heavy atom. The third-order valence-electron chi connectivity index (χ3n) is 12.7. The van der Waals surface area contributed by atoms with E-state index in [0.29, 0.717) is 29.7 Å². The van der Waals surface area contributed by atoms with Crippen molar-refractivity contribution in [2.45, 2.75) is 57.2 Å². The normalized spacial score (nSPS) is 17.6. The average Bonchev–Trinajstić information content (AvgIpc) is 3.66. The monoisotopic (exact) mass is 826 g/mol. The molecule has 0 radical (unpaired) electrons. The van der Waals surface area contributed by atoms with E-state index in [2.05, 4.69) is 76.8 Å². The minimum absolute atomic E-state index is 0.0354. The second-order valence-electron chi connectivity index (χ2n) is 16.5. The first-order valence-electron chi connectivity index (χ1n) is 20.6. The van der Waals surface area contributed by atoms with E-state index >= 15 is 0 Å². The van der Waals surface area contributed by atoms with Gasteiger partial charge in [0.15, 0.2) is 23.1 Å². The molecule has 0 saturated carbocycles. The summed E-state index contributed by atoms with van der Waals surface area (Å²) >= 11 is 0. The third-order valence-corrected chi connectivity index (χ3v) is 12.7. The third kappa shape index (κ3) is 7.90. The molecule has 3 N–H and O–H groups in total. The number of ether oxygens (including phenoxy) is 3. The van der Waals surface area contributed by atoms with Crippen LogP contribution in [0.2, 0.25) is 0 Å². The maximum Gasteiger partial charge on any atom is 0.255 e. The molecule has 9 rings (SSSR count). The van der Waals surface area contributed by atoms with Gasteiger partial charge in [-0.05, 0) is 118 Å². The lowest BCUT2D eigenvalue weighted by Crippen LogP contribution is -2.50. The van der Waals surface area contributed by atoms with Crippen molar-refractivity contribution in [3.05, 3.63) is 113 Å². The number of hydrogen-bond donors (Lipinski definition) is 3. The van der Waals surface area contributed by atoms with Crippen molar-refractivity contribution in [1.82, 2.24) is 40.0 Å². The molecule has 4 aliphatic rings. The fraction of sp³-hybridized carbons (Fsp3) is 0.391. The minimum Gasteiger partial charge on any atom is -0.497 e. The van der Waals surface area contributed by atoms with Crippen LogP contribution < -0.4 is 30.2 Å². The Morgan fingerprint density at radius 3 is 1.75 bits per heavy atom. The molecule has 2 spiro atoms. The van der Waals surface area contributed by atoms with Crippen molar-refractivity contribution >= 4 is 34.8 Å². The molecule has 318 valence electrons. The number of carbonyl (C=O) groups is 2. The van der Waals surface area contributed by atoms with Crippen molar-refractivity contribution in [3.63, 3.8) is 0 Å². The number of likely N-dealkylation sites (tertiary alicyclic amines) is 2. The molecular formula is C46H54N10O5. The fourth-order valence-corrected chi connectivity index (χ4v) is 9.32. The Kier molecular flexibility index (Phi) is 11.5. The number of carbonyl (C=O) groups excluding carboxylic acids is 2. The lowest BCUT2D eigenvalue weighted by molar-refractivity contribution is 0.0273. The largest absolute Gasteiger partial charge is 0.497 e. The molecule has 61 heavy (non-hydrogen) atoms. The number of hydrogen-bond acceptors (Lipinski definition) is 13. The number of nitrogens with zero attached hydrogens (tertiary/aromatic N) is 7. The highest BCUT2D eigenvalue weighted by atomic mass is 16.5. The van der Waals surface area contributed by atoms with E-state index in [1.165, 1.54) is 12.7 Å². The second kappa shape index (κ2) is 17.0. The molecule has 2 saturated heterocycles. The van der Waals surface area contributed by atoms with Crippen LogP contribution in [0.5, 0.6) is 17.2 Å². The average molecular weight is 827 g/mol. The van der Waals surface area contributed by atoms with Gasteiger partial charge in [-0.1, -0.05) is 12.1 Å². The highest BCUT2D eigenvalue weighted by molar-refractivity contribution is 6.03. The van der Waals surface area contributed by atoms with Crippen LogP contribution in [0.1, 0.15) is 74.2 Å². The zero-order chi connectivity index (χ0) is 42.9. The lowest BCUT2D eigenvalue weighted by atomic mass is 9.79. The number of piperidine rings is 2. The molecule has 0 atom stereocenters. The SMILES string of the molecule is COc1ccc(CN2C(=O)c3c(C)cc(Nc4ncncc4OC)cc3C23CCN(C)CC3)cc1.COc1cncnc1Nc1cc(C)c2c(c1)C1(CCN(C)CC1)NC2=O. The van der Waals surface area contributed by atoms with Gasteiger partial charge in [-0.2, -0.15) is 0 Å². The van der Waals surface area contributed by atoms with E-state index in [0.717, 1.165) is 108 Å². The van der Waals surface area contributed by atoms with Gasteiger partial charge >= 0.3 is 0 Å². The minimum atomic E-state index is -0.350. The highest BCUT2D eigenvalue weighted by Gasteiger charge is 2.51. The molecule has 0 bridgehead atoms. The second-order valence-corrected chi connectivity index (χ2v) is 16.5. The van der Waals surface area contributed by atoms with Crippen LogP contribution in [-0.4, -0.2) is 108 Å². The van der Waals surface area contributed by atoms with E-state index in [1.807, 2.05) is 50.2 Å². The molecule has 2 fully saturated rings.